The minimum Gasteiger partial charge on any atom is -0.508 e. The number of rotatable bonds is 7. The fourth-order valence-electron chi connectivity index (χ4n) is 4.87. The molecule has 8 heteroatoms. The van der Waals surface area contributed by atoms with Crippen LogP contribution in [-0.2, 0) is 6.42 Å². The minimum absolute atomic E-state index is 0.00223. The number of nitrogens with zero attached hydrogens (tertiary/aromatic N) is 1. The predicted molar refractivity (Wildman–Crippen MR) is 129 cm³/mol. The van der Waals surface area contributed by atoms with Crippen molar-refractivity contribution in [3.8, 4) is 17.2 Å². The molecule has 3 aliphatic rings. The van der Waals surface area contributed by atoms with E-state index in [0.717, 1.165) is 61.5 Å². The summed E-state index contributed by atoms with van der Waals surface area (Å²) in [5, 5.41) is 24.6. The van der Waals surface area contributed by atoms with Crippen LogP contribution in [0.25, 0.3) is 0 Å². The molecule has 0 aromatic heterocycles. The van der Waals surface area contributed by atoms with E-state index in [1.165, 1.54) is 12.1 Å². The van der Waals surface area contributed by atoms with Gasteiger partial charge in [0.2, 0.25) is 0 Å². The second-order valence-corrected chi connectivity index (χ2v) is 10.6. The molecule has 0 radical (unpaired) electrons. The number of phenols is 1. The molecular formula is C26H31ClN2O5. The average molecular weight is 487 g/mol. The van der Waals surface area contributed by atoms with E-state index in [1.54, 1.807) is 13.0 Å². The van der Waals surface area contributed by atoms with Gasteiger partial charge in [-0.2, -0.15) is 0 Å². The summed E-state index contributed by atoms with van der Waals surface area (Å²) < 4.78 is 12.2. The van der Waals surface area contributed by atoms with Crippen molar-refractivity contribution in [2.24, 2.45) is 0 Å². The summed E-state index contributed by atoms with van der Waals surface area (Å²) >= 11 is 6.14. The molecule has 3 N–H and O–H groups in total. The molecule has 2 aromatic carbocycles. The van der Waals surface area contributed by atoms with E-state index >= 15 is 0 Å². The summed E-state index contributed by atoms with van der Waals surface area (Å²) in [5.41, 5.74) is 0.192. The number of likely N-dealkylation sites (tertiary alicyclic amines) is 1. The number of phenolic OH excluding ortho intramolecular Hbond substituents is 1. The Bertz CT molecular complexity index is 1080. The molecule has 1 atom stereocenters. The number of hydrogen-bond acceptors (Lipinski definition) is 6. The summed E-state index contributed by atoms with van der Waals surface area (Å²) in [6, 6.07) is 10.4. The van der Waals surface area contributed by atoms with Crippen LogP contribution in [0.1, 0.15) is 48.5 Å². The smallest absolute Gasteiger partial charge is 0.255 e. The second-order valence-electron chi connectivity index (χ2n) is 10.2. The van der Waals surface area contributed by atoms with Crippen molar-refractivity contribution in [3.05, 3.63) is 52.5 Å². The second kappa shape index (κ2) is 8.95. The SMILES string of the molecule is CC(O)(COc1cc(O)ccc1C(=O)NC1CC1)CN1CCC2(CC1)Cc1cc(Cl)ccc1O2. The zero-order valence-electron chi connectivity index (χ0n) is 19.3. The molecule has 7 nitrogen and oxygen atoms in total. The number of piperidine rings is 1. The Labute approximate surface area is 204 Å². The maximum Gasteiger partial charge on any atom is 0.255 e. The summed E-state index contributed by atoms with van der Waals surface area (Å²) in [6.07, 6.45) is 4.56. The third-order valence-electron chi connectivity index (χ3n) is 6.85. The molecule has 2 fully saturated rings. The number of aliphatic hydroxyl groups is 1. The first kappa shape index (κ1) is 23.3. The lowest BCUT2D eigenvalue weighted by Gasteiger charge is -2.41. The number of ether oxygens (including phenoxy) is 2. The number of carbonyl (C=O) groups is 1. The first-order valence-electron chi connectivity index (χ1n) is 11.9. The lowest BCUT2D eigenvalue weighted by Crippen LogP contribution is -2.52. The van der Waals surface area contributed by atoms with Gasteiger partial charge in [-0.15, -0.1) is 0 Å². The fourth-order valence-corrected chi connectivity index (χ4v) is 5.06. The average Bonchev–Trinajstić information content (AvgIpc) is 3.53. The number of benzene rings is 2. The van der Waals surface area contributed by atoms with Crippen molar-refractivity contribution in [3.63, 3.8) is 0 Å². The molecule has 1 saturated heterocycles. The number of fused-ring (bicyclic) bond motifs is 1. The van der Waals surface area contributed by atoms with Crippen molar-refractivity contribution in [2.75, 3.05) is 26.2 Å². The number of carbonyl (C=O) groups excluding carboxylic acids is 1. The van der Waals surface area contributed by atoms with E-state index < -0.39 is 5.60 Å². The molecule has 0 bridgehead atoms. The Balaban J connectivity index is 1.16. The van der Waals surface area contributed by atoms with Crippen molar-refractivity contribution in [1.29, 1.82) is 0 Å². The Morgan fingerprint density at radius 1 is 1.26 bits per heavy atom. The van der Waals surface area contributed by atoms with Crippen molar-refractivity contribution in [1.82, 2.24) is 10.2 Å². The topological polar surface area (TPSA) is 91.3 Å². The normalized spacial score (nSPS) is 20.9. The van der Waals surface area contributed by atoms with Gasteiger partial charge in [-0.1, -0.05) is 11.6 Å². The van der Waals surface area contributed by atoms with Crippen LogP contribution < -0.4 is 14.8 Å². The molecular weight excluding hydrogens is 456 g/mol. The van der Waals surface area contributed by atoms with Crippen LogP contribution >= 0.6 is 11.6 Å². The summed E-state index contributed by atoms with van der Waals surface area (Å²) in [4.78, 5) is 14.7. The maximum atomic E-state index is 12.5. The van der Waals surface area contributed by atoms with E-state index in [9.17, 15) is 15.0 Å². The fraction of sp³-hybridized carbons (Fsp3) is 0.500. The Morgan fingerprint density at radius 3 is 2.76 bits per heavy atom. The van der Waals surface area contributed by atoms with Gasteiger partial charge in [0.05, 0.1) is 5.56 Å². The molecule has 182 valence electrons. The number of halogens is 1. The number of amides is 1. The van der Waals surface area contributed by atoms with Gasteiger partial charge in [-0.25, -0.2) is 0 Å². The zero-order valence-corrected chi connectivity index (χ0v) is 20.1. The van der Waals surface area contributed by atoms with Gasteiger partial charge < -0.3 is 29.9 Å². The predicted octanol–water partition coefficient (Wildman–Crippen LogP) is 3.54. The van der Waals surface area contributed by atoms with Gasteiger partial charge in [-0.05, 0) is 55.7 Å². The van der Waals surface area contributed by atoms with Gasteiger partial charge in [0, 0.05) is 56.0 Å². The number of nitrogens with one attached hydrogen (secondary N) is 1. The molecule has 34 heavy (non-hydrogen) atoms. The van der Waals surface area contributed by atoms with E-state index in [2.05, 4.69) is 10.2 Å². The molecule has 1 saturated carbocycles. The standard InChI is InChI=1S/C26H31ClN2O5/c1-25(32,16-33-23-13-20(30)5-6-21(23)24(31)28-19-3-4-19)15-29-10-8-26(9-11-29)14-17-12-18(27)2-7-22(17)34-26/h2,5-7,12-13,19,30,32H,3-4,8-11,14-16H2,1H3,(H,28,31). The first-order chi connectivity index (χ1) is 16.2. The van der Waals surface area contributed by atoms with Gasteiger partial charge >= 0.3 is 0 Å². The molecule has 1 spiro atoms. The summed E-state index contributed by atoms with van der Waals surface area (Å²) in [7, 11) is 0. The van der Waals surface area contributed by atoms with Gasteiger partial charge in [0.25, 0.3) is 5.91 Å². The van der Waals surface area contributed by atoms with E-state index in [-0.39, 0.29) is 35.7 Å². The number of hydrogen-bond donors (Lipinski definition) is 3. The molecule has 2 aromatic rings. The van der Waals surface area contributed by atoms with Crippen LogP contribution in [0.3, 0.4) is 0 Å². The molecule has 2 heterocycles. The highest BCUT2D eigenvalue weighted by atomic mass is 35.5. The third-order valence-corrected chi connectivity index (χ3v) is 7.09. The van der Waals surface area contributed by atoms with Crippen LogP contribution in [0.15, 0.2) is 36.4 Å². The lowest BCUT2D eigenvalue weighted by atomic mass is 9.86. The first-order valence-corrected chi connectivity index (χ1v) is 12.3. The van der Waals surface area contributed by atoms with Gasteiger partial charge in [0.15, 0.2) is 0 Å². The zero-order chi connectivity index (χ0) is 23.9. The van der Waals surface area contributed by atoms with Crippen LogP contribution in [0.2, 0.25) is 5.02 Å². The van der Waals surface area contributed by atoms with Crippen molar-refractivity contribution in [2.45, 2.75) is 56.3 Å². The molecule has 2 aliphatic heterocycles. The molecule has 1 unspecified atom stereocenters. The van der Waals surface area contributed by atoms with Crippen LogP contribution in [0.5, 0.6) is 17.2 Å². The van der Waals surface area contributed by atoms with E-state index in [1.807, 2.05) is 18.2 Å². The van der Waals surface area contributed by atoms with Crippen LogP contribution in [0, 0.1) is 0 Å². The van der Waals surface area contributed by atoms with Gasteiger partial charge in [0.1, 0.15) is 35.1 Å². The summed E-state index contributed by atoms with van der Waals surface area (Å²) in [6.45, 7) is 3.78. The summed E-state index contributed by atoms with van der Waals surface area (Å²) in [5.74, 6) is 0.979. The van der Waals surface area contributed by atoms with Crippen LogP contribution in [0.4, 0.5) is 0 Å². The van der Waals surface area contributed by atoms with Gasteiger partial charge in [-0.3, -0.25) is 4.79 Å². The number of β-amino-alcohol motifs (C(OH)–C–C–N with tert-alkyl or cyclic N) is 1. The third kappa shape index (κ3) is 5.27. The molecule has 5 rings (SSSR count). The largest absolute Gasteiger partial charge is 0.508 e. The van der Waals surface area contributed by atoms with Crippen LogP contribution in [-0.4, -0.2) is 64.5 Å². The maximum absolute atomic E-state index is 12.5. The Morgan fingerprint density at radius 2 is 2.03 bits per heavy atom. The quantitative estimate of drug-likeness (QED) is 0.554. The molecule has 1 aliphatic carbocycles. The van der Waals surface area contributed by atoms with E-state index in [0.29, 0.717) is 12.1 Å². The Kier molecular flexibility index (Phi) is 6.12. The molecule has 1 amide bonds. The highest BCUT2D eigenvalue weighted by Gasteiger charge is 2.43. The van der Waals surface area contributed by atoms with E-state index in [4.69, 9.17) is 21.1 Å². The monoisotopic (exact) mass is 486 g/mol. The number of aromatic hydroxyl groups is 1. The van der Waals surface area contributed by atoms with Crippen molar-refractivity contribution < 1.29 is 24.5 Å². The lowest BCUT2D eigenvalue weighted by molar-refractivity contribution is -0.0431. The minimum atomic E-state index is -1.13. The van der Waals surface area contributed by atoms with Crippen molar-refractivity contribution >= 4 is 17.5 Å². The highest BCUT2D eigenvalue weighted by Crippen LogP contribution is 2.42. The highest BCUT2D eigenvalue weighted by molar-refractivity contribution is 6.30. The Hall–Kier alpha value is -2.48.